The first kappa shape index (κ1) is 23.3. The fraction of sp³-hybridized carbons (Fsp3) is 0.259. The summed E-state index contributed by atoms with van der Waals surface area (Å²) in [6.07, 6.45) is 8.43. The van der Waals surface area contributed by atoms with Crippen LogP contribution in [0, 0.1) is 5.82 Å². The molecule has 3 aromatic heterocycles. The van der Waals surface area contributed by atoms with Gasteiger partial charge in [0.2, 0.25) is 0 Å². The third-order valence-corrected chi connectivity index (χ3v) is 6.52. The Morgan fingerprint density at radius 2 is 1.91 bits per heavy atom. The number of benzene rings is 2. The summed E-state index contributed by atoms with van der Waals surface area (Å²) in [7, 11) is 0. The third kappa shape index (κ3) is 4.88. The van der Waals surface area contributed by atoms with Crippen LogP contribution in [0.25, 0.3) is 22.2 Å². The molecule has 1 aliphatic rings. The highest BCUT2D eigenvalue weighted by molar-refractivity contribution is 6.31. The molecular formula is C27H28ClFN6. The number of fused-ring (bicyclic) bond motifs is 3. The molecule has 0 radical (unpaired) electrons. The van der Waals surface area contributed by atoms with Crippen LogP contribution in [-0.2, 0) is 6.42 Å². The van der Waals surface area contributed by atoms with E-state index in [0.29, 0.717) is 12.1 Å². The molecule has 0 bridgehead atoms. The largest absolute Gasteiger partial charge is 0.357 e. The summed E-state index contributed by atoms with van der Waals surface area (Å²) in [4.78, 5) is 10.4. The Balaban J connectivity index is 0.000000178. The zero-order valence-electron chi connectivity index (χ0n) is 19.9. The first-order chi connectivity index (χ1) is 16.9. The lowest BCUT2D eigenvalue weighted by Gasteiger charge is -2.28. The van der Waals surface area contributed by atoms with Gasteiger partial charge in [-0.15, -0.1) is 0 Å². The highest BCUT2D eigenvalue weighted by Crippen LogP contribution is 2.36. The van der Waals surface area contributed by atoms with Gasteiger partial charge in [0.1, 0.15) is 5.82 Å². The van der Waals surface area contributed by atoms with Gasteiger partial charge in [-0.1, -0.05) is 17.7 Å². The number of nitrogens with one attached hydrogen (secondary N) is 3. The van der Waals surface area contributed by atoms with E-state index in [2.05, 4.69) is 58.4 Å². The van der Waals surface area contributed by atoms with Crippen LogP contribution in [0.1, 0.15) is 49.7 Å². The van der Waals surface area contributed by atoms with E-state index in [4.69, 9.17) is 11.6 Å². The standard InChI is InChI=1S/C18H21ClN4.C9H7FN2/c1-10(2)23-9-12(8-20-23)17-18-15(6-11(3)21-17)14-5-4-13(19)7-16(14)22-18;10-8-3-1-7(2-4-8)9-5-11-6-12-9/h4-5,7-11,17,21-22H,6H2,1-3H3;1-6H,(H,11,12). The van der Waals surface area contributed by atoms with Gasteiger partial charge in [0.15, 0.2) is 0 Å². The van der Waals surface area contributed by atoms with Crippen LogP contribution in [0.2, 0.25) is 5.02 Å². The van der Waals surface area contributed by atoms with Gasteiger partial charge < -0.3 is 15.3 Å². The summed E-state index contributed by atoms with van der Waals surface area (Å²) < 4.78 is 14.5. The monoisotopic (exact) mass is 490 g/mol. The summed E-state index contributed by atoms with van der Waals surface area (Å²) >= 11 is 6.15. The fourth-order valence-electron chi connectivity index (χ4n) is 4.54. The van der Waals surface area contributed by atoms with Crippen LogP contribution in [-0.4, -0.2) is 30.8 Å². The maximum absolute atomic E-state index is 12.5. The molecule has 0 amide bonds. The summed E-state index contributed by atoms with van der Waals surface area (Å²) in [5.74, 6) is -0.224. The van der Waals surface area contributed by atoms with E-state index in [1.165, 1.54) is 34.3 Å². The van der Waals surface area contributed by atoms with E-state index >= 15 is 0 Å². The van der Waals surface area contributed by atoms with Gasteiger partial charge >= 0.3 is 0 Å². The van der Waals surface area contributed by atoms with Crippen molar-refractivity contribution in [2.24, 2.45) is 0 Å². The SMILES string of the molecule is CC1Cc2c([nH]c3cc(Cl)ccc23)C(c2cnn(C(C)C)c2)N1.Fc1ccc(-c2cnc[nH]2)cc1. The average Bonchev–Trinajstić information content (AvgIpc) is 3.59. The van der Waals surface area contributed by atoms with Gasteiger partial charge in [-0.25, -0.2) is 9.37 Å². The van der Waals surface area contributed by atoms with E-state index in [1.807, 2.05) is 23.0 Å². The predicted octanol–water partition coefficient (Wildman–Crippen LogP) is 6.44. The summed E-state index contributed by atoms with van der Waals surface area (Å²) in [5.41, 5.74) is 6.78. The van der Waals surface area contributed by atoms with Crippen LogP contribution in [0.15, 0.2) is 67.4 Å². The molecule has 0 saturated carbocycles. The van der Waals surface area contributed by atoms with E-state index < -0.39 is 0 Å². The van der Waals surface area contributed by atoms with Crippen molar-refractivity contribution in [3.05, 3.63) is 95.0 Å². The van der Waals surface area contributed by atoms with Crippen molar-refractivity contribution in [1.29, 1.82) is 0 Å². The normalized spacial score (nSPS) is 17.3. The van der Waals surface area contributed by atoms with Gasteiger partial charge in [0.05, 0.1) is 30.5 Å². The number of H-pyrrole nitrogens is 2. The zero-order chi connectivity index (χ0) is 24.5. The first-order valence-corrected chi connectivity index (χ1v) is 12.1. The Hall–Kier alpha value is -3.42. The Bertz CT molecular complexity index is 1420. The number of imidazole rings is 1. The van der Waals surface area contributed by atoms with Crippen molar-refractivity contribution in [3.8, 4) is 11.3 Å². The minimum Gasteiger partial charge on any atom is -0.357 e. The Labute approximate surface area is 208 Å². The van der Waals surface area contributed by atoms with Crippen molar-refractivity contribution in [1.82, 2.24) is 30.0 Å². The summed E-state index contributed by atoms with van der Waals surface area (Å²) in [5, 5.41) is 10.2. The molecule has 0 aliphatic carbocycles. The Morgan fingerprint density at radius 3 is 2.60 bits per heavy atom. The van der Waals surface area contributed by atoms with Crippen LogP contribution >= 0.6 is 11.6 Å². The number of hydrogen-bond donors (Lipinski definition) is 3. The van der Waals surface area contributed by atoms with Gasteiger partial charge in [0, 0.05) is 45.5 Å². The molecule has 5 aromatic rings. The van der Waals surface area contributed by atoms with Gasteiger partial charge in [-0.2, -0.15) is 5.10 Å². The lowest BCUT2D eigenvalue weighted by molar-refractivity contribution is 0.459. The number of aromatic nitrogens is 5. The molecule has 0 saturated heterocycles. The smallest absolute Gasteiger partial charge is 0.123 e. The van der Waals surface area contributed by atoms with Gasteiger partial charge in [-0.05, 0) is 74.7 Å². The molecule has 4 heterocycles. The number of rotatable bonds is 3. The molecule has 3 N–H and O–H groups in total. The van der Waals surface area contributed by atoms with Crippen LogP contribution in [0.5, 0.6) is 0 Å². The second-order valence-corrected chi connectivity index (χ2v) is 9.67. The van der Waals surface area contributed by atoms with E-state index in [-0.39, 0.29) is 11.9 Å². The molecule has 8 heteroatoms. The number of halogens is 2. The molecule has 6 rings (SSSR count). The van der Waals surface area contributed by atoms with Crippen LogP contribution in [0.3, 0.4) is 0 Å². The van der Waals surface area contributed by atoms with E-state index in [9.17, 15) is 4.39 Å². The van der Waals surface area contributed by atoms with Gasteiger partial charge in [0.25, 0.3) is 0 Å². The molecule has 2 unspecified atom stereocenters. The second kappa shape index (κ2) is 9.68. The zero-order valence-corrected chi connectivity index (χ0v) is 20.6. The summed E-state index contributed by atoms with van der Waals surface area (Å²) in [6, 6.07) is 13.3. The first-order valence-electron chi connectivity index (χ1n) is 11.7. The maximum atomic E-state index is 12.5. The quantitative estimate of drug-likeness (QED) is 0.272. The van der Waals surface area contributed by atoms with Gasteiger partial charge in [-0.3, -0.25) is 4.68 Å². The molecule has 2 atom stereocenters. The molecule has 2 aromatic carbocycles. The second-order valence-electron chi connectivity index (χ2n) is 9.23. The fourth-order valence-corrected chi connectivity index (χ4v) is 4.71. The van der Waals surface area contributed by atoms with Crippen molar-refractivity contribution in [3.63, 3.8) is 0 Å². The van der Waals surface area contributed by atoms with Crippen molar-refractivity contribution in [2.75, 3.05) is 0 Å². The van der Waals surface area contributed by atoms with Crippen molar-refractivity contribution < 1.29 is 4.39 Å². The predicted molar refractivity (Wildman–Crippen MR) is 138 cm³/mol. The number of hydrogen-bond acceptors (Lipinski definition) is 3. The molecular weight excluding hydrogens is 463 g/mol. The summed E-state index contributed by atoms with van der Waals surface area (Å²) in [6.45, 7) is 6.52. The Morgan fingerprint density at radius 1 is 1.11 bits per heavy atom. The van der Waals surface area contributed by atoms with E-state index in [1.54, 1.807) is 24.7 Å². The highest BCUT2D eigenvalue weighted by Gasteiger charge is 2.29. The molecule has 6 nitrogen and oxygen atoms in total. The highest BCUT2D eigenvalue weighted by atomic mass is 35.5. The third-order valence-electron chi connectivity index (χ3n) is 6.29. The minimum atomic E-state index is -0.224. The van der Waals surface area contributed by atoms with Crippen molar-refractivity contribution in [2.45, 2.75) is 45.3 Å². The molecule has 0 fully saturated rings. The molecule has 180 valence electrons. The number of nitrogens with zero attached hydrogens (tertiary/aromatic N) is 3. The minimum absolute atomic E-state index is 0.146. The van der Waals surface area contributed by atoms with Crippen molar-refractivity contribution >= 4 is 22.5 Å². The van der Waals surface area contributed by atoms with E-state index in [0.717, 1.165) is 28.2 Å². The lowest BCUT2D eigenvalue weighted by atomic mass is 9.92. The lowest BCUT2D eigenvalue weighted by Crippen LogP contribution is -2.37. The average molecular weight is 491 g/mol. The molecule has 1 aliphatic heterocycles. The topological polar surface area (TPSA) is 74.3 Å². The molecule has 35 heavy (non-hydrogen) atoms. The van der Waals surface area contributed by atoms with Crippen LogP contribution < -0.4 is 5.32 Å². The molecule has 0 spiro atoms. The van der Waals surface area contributed by atoms with Crippen LogP contribution in [0.4, 0.5) is 4.39 Å². The Kier molecular flexibility index (Phi) is 6.45. The number of aromatic amines is 2. The maximum Gasteiger partial charge on any atom is 0.123 e.